The number of ether oxygens (including phenoxy) is 1. The van der Waals surface area contributed by atoms with E-state index >= 15 is 0 Å². The smallest absolute Gasteiger partial charge is 0.302 e. The Morgan fingerprint density at radius 1 is 1.37 bits per heavy atom. The predicted octanol–water partition coefficient (Wildman–Crippen LogP) is 1.63. The maximum Gasteiger partial charge on any atom is 0.302 e. The van der Waals surface area contributed by atoms with Crippen LogP contribution < -0.4 is 0 Å². The molecule has 19 heavy (non-hydrogen) atoms. The molecule has 2 rings (SSSR count). The zero-order valence-corrected chi connectivity index (χ0v) is 11.6. The van der Waals surface area contributed by atoms with E-state index < -0.39 is 0 Å². The average Bonchev–Trinajstić information content (AvgIpc) is 2.84. The molecule has 100 valence electrons. The second-order valence-electron chi connectivity index (χ2n) is 3.90. The maximum atomic E-state index is 10.6. The number of carbonyl (C=O) groups is 1. The van der Waals surface area contributed by atoms with Gasteiger partial charge in [-0.15, -0.1) is 5.10 Å². The molecular formula is C12H14N4O2S. The van der Waals surface area contributed by atoms with Crippen LogP contribution in [0.2, 0.25) is 0 Å². The molecule has 0 unspecified atom stereocenters. The van der Waals surface area contributed by atoms with Crippen molar-refractivity contribution < 1.29 is 9.53 Å². The molecule has 0 aliphatic carbocycles. The molecule has 1 aromatic carbocycles. The Labute approximate surface area is 115 Å². The molecule has 0 radical (unpaired) electrons. The van der Waals surface area contributed by atoms with Gasteiger partial charge in [-0.05, 0) is 29.5 Å². The summed E-state index contributed by atoms with van der Waals surface area (Å²) in [7, 11) is 0. The van der Waals surface area contributed by atoms with Crippen LogP contribution in [0.1, 0.15) is 12.5 Å². The summed E-state index contributed by atoms with van der Waals surface area (Å²) in [6.45, 7) is 3.76. The minimum Gasteiger partial charge on any atom is -0.465 e. The van der Waals surface area contributed by atoms with E-state index in [-0.39, 0.29) is 5.97 Å². The number of hydrogen-bond donors (Lipinski definition) is 0. The zero-order valence-electron chi connectivity index (χ0n) is 10.7. The van der Waals surface area contributed by atoms with Gasteiger partial charge in [0.25, 0.3) is 0 Å². The highest BCUT2D eigenvalue weighted by Gasteiger charge is 2.08. The number of benzene rings is 1. The average molecular weight is 278 g/mol. The number of hydrogen-bond acceptors (Lipinski definition) is 6. The number of tetrazole rings is 1. The van der Waals surface area contributed by atoms with E-state index in [4.69, 9.17) is 4.74 Å². The fourth-order valence-corrected chi connectivity index (χ4v) is 2.14. The van der Waals surface area contributed by atoms with Gasteiger partial charge in [-0.2, -0.15) is 4.68 Å². The number of aromatic nitrogens is 4. The van der Waals surface area contributed by atoms with Gasteiger partial charge in [0.2, 0.25) is 5.16 Å². The largest absolute Gasteiger partial charge is 0.465 e. The lowest BCUT2D eigenvalue weighted by molar-refractivity contribution is -0.140. The third-order valence-corrected chi connectivity index (χ3v) is 3.22. The molecule has 0 spiro atoms. The minimum atomic E-state index is -0.279. The fraction of sp³-hybridized carbons (Fsp3) is 0.333. The van der Waals surface area contributed by atoms with Crippen molar-refractivity contribution in [3.8, 4) is 5.69 Å². The highest BCUT2D eigenvalue weighted by molar-refractivity contribution is 7.99. The van der Waals surface area contributed by atoms with Crippen LogP contribution in [0.25, 0.3) is 5.69 Å². The lowest BCUT2D eigenvalue weighted by Crippen LogP contribution is -2.04. The van der Waals surface area contributed by atoms with Crippen molar-refractivity contribution in [2.24, 2.45) is 0 Å². The molecule has 0 aliphatic heterocycles. The van der Waals surface area contributed by atoms with E-state index in [2.05, 4.69) is 15.5 Å². The Morgan fingerprint density at radius 2 is 2.11 bits per heavy atom. The van der Waals surface area contributed by atoms with Crippen molar-refractivity contribution in [1.29, 1.82) is 0 Å². The molecule has 0 saturated heterocycles. The maximum absolute atomic E-state index is 10.6. The summed E-state index contributed by atoms with van der Waals surface area (Å²) >= 11 is 1.44. The molecule has 1 heterocycles. The first-order chi connectivity index (χ1) is 9.16. The lowest BCUT2D eigenvalue weighted by atomic mass is 10.2. The summed E-state index contributed by atoms with van der Waals surface area (Å²) in [5.74, 6) is 0.338. The Balaban J connectivity index is 2.01. The van der Waals surface area contributed by atoms with Crippen LogP contribution in [0, 0.1) is 6.92 Å². The molecule has 2 aromatic rings. The zero-order chi connectivity index (χ0) is 13.7. The van der Waals surface area contributed by atoms with Crippen molar-refractivity contribution >= 4 is 17.7 Å². The first-order valence-corrected chi connectivity index (χ1v) is 6.77. The number of carbonyl (C=O) groups excluding carboxylic acids is 1. The van der Waals surface area contributed by atoms with Gasteiger partial charge >= 0.3 is 5.97 Å². The lowest BCUT2D eigenvalue weighted by Gasteiger charge is -2.04. The quantitative estimate of drug-likeness (QED) is 0.470. The van der Waals surface area contributed by atoms with Gasteiger partial charge in [-0.1, -0.05) is 29.5 Å². The first-order valence-electron chi connectivity index (χ1n) is 5.78. The monoisotopic (exact) mass is 278 g/mol. The van der Waals surface area contributed by atoms with Crippen LogP contribution in [-0.4, -0.2) is 38.5 Å². The van der Waals surface area contributed by atoms with Gasteiger partial charge in [0.1, 0.15) is 6.61 Å². The molecule has 0 bridgehead atoms. The second-order valence-corrected chi connectivity index (χ2v) is 4.96. The molecule has 6 nitrogen and oxygen atoms in total. The Bertz CT molecular complexity index is 553. The van der Waals surface area contributed by atoms with Crippen LogP contribution in [-0.2, 0) is 9.53 Å². The molecule has 0 atom stereocenters. The summed E-state index contributed by atoms with van der Waals surface area (Å²) < 4.78 is 6.53. The summed E-state index contributed by atoms with van der Waals surface area (Å²) in [6.07, 6.45) is 0. The minimum absolute atomic E-state index is 0.279. The van der Waals surface area contributed by atoms with Crippen molar-refractivity contribution in [2.75, 3.05) is 12.4 Å². The van der Waals surface area contributed by atoms with E-state index in [0.29, 0.717) is 17.5 Å². The van der Waals surface area contributed by atoms with Crippen LogP contribution >= 0.6 is 11.8 Å². The summed E-state index contributed by atoms with van der Waals surface area (Å²) in [5, 5.41) is 12.3. The number of thioether (sulfide) groups is 1. The fourth-order valence-electron chi connectivity index (χ4n) is 1.44. The predicted molar refractivity (Wildman–Crippen MR) is 71.2 cm³/mol. The third-order valence-electron chi connectivity index (χ3n) is 2.34. The van der Waals surface area contributed by atoms with E-state index in [9.17, 15) is 4.79 Å². The SMILES string of the molecule is CC(=O)OCCSc1nnnn1-c1ccc(C)cc1. The van der Waals surface area contributed by atoms with E-state index in [1.807, 2.05) is 31.2 Å². The van der Waals surface area contributed by atoms with Crippen molar-refractivity contribution in [2.45, 2.75) is 19.0 Å². The van der Waals surface area contributed by atoms with Gasteiger partial charge in [0.15, 0.2) is 0 Å². The van der Waals surface area contributed by atoms with Gasteiger partial charge < -0.3 is 4.74 Å². The Morgan fingerprint density at radius 3 is 2.79 bits per heavy atom. The number of rotatable bonds is 5. The third kappa shape index (κ3) is 3.78. The summed E-state index contributed by atoms with van der Waals surface area (Å²) in [4.78, 5) is 10.6. The van der Waals surface area contributed by atoms with Crippen LogP contribution in [0.5, 0.6) is 0 Å². The Kier molecular flexibility index (Phi) is 4.51. The van der Waals surface area contributed by atoms with Gasteiger partial charge in [0, 0.05) is 12.7 Å². The summed E-state index contributed by atoms with van der Waals surface area (Å²) in [5.41, 5.74) is 2.09. The topological polar surface area (TPSA) is 69.9 Å². The molecule has 0 saturated carbocycles. The molecule has 7 heteroatoms. The van der Waals surface area contributed by atoms with E-state index in [1.54, 1.807) is 4.68 Å². The van der Waals surface area contributed by atoms with Crippen molar-refractivity contribution in [1.82, 2.24) is 20.2 Å². The highest BCUT2D eigenvalue weighted by Crippen LogP contribution is 2.18. The van der Waals surface area contributed by atoms with Crippen molar-refractivity contribution in [3.63, 3.8) is 0 Å². The molecular weight excluding hydrogens is 264 g/mol. The summed E-state index contributed by atoms with van der Waals surface area (Å²) in [6, 6.07) is 7.93. The molecule has 0 amide bonds. The van der Waals surface area contributed by atoms with Gasteiger partial charge in [0.05, 0.1) is 5.69 Å². The molecule has 0 aliphatic rings. The second kappa shape index (κ2) is 6.33. The van der Waals surface area contributed by atoms with Gasteiger partial charge in [-0.3, -0.25) is 4.79 Å². The molecule has 0 N–H and O–H groups in total. The number of esters is 1. The Hall–Kier alpha value is -1.89. The number of aryl methyl sites for hydroxylation is 1. The van der Waals surface area contributed by atoms with Crippen LogP contribution in [0.4, 0.5) is 0 Å². The standard InChI is InChI=1S/C12H14N4O2S/c1-9-3-5-11(6-4-9)16-12(13-14-15-16)19-8-7-18-10(2)17/h3-6H,7-8H2,1-2H3. The molecule has 1 aromatic heterocycles. The van der Waals surface area contributed by atoms with Crippen molar-refractivity contribution in [3.05, 3.63) is 29.8 Å². The van der Waals surface area contributed by atoms with Crippen LogP contribution in [0.3, 0.4) is 0 Å². The van der Waals surface area contributed by atoms with E-state index in [1.165, 1.54) is 24.2 Å². The number of nitrogens with zero attached hydrogens (tertiary/aromatic N) is 4. The van der Waals surface area contributed by atoms with E-state index in [0.717, 1.165) is 5.69 Å². The normalized spacial score (nSPS) is 10.4. The highest BCUT2D eigenvalue weighted by atomic mass is 32.2. The van der Waals surface area contributed by atoms with Crippen LogP contribution in [0.15, 0.2) is 29.4 Å². The first kappa shape index (κ1) is 13.5. The van der Waals surface area contributed by atoms with Gasteiger partial charge in [-0.25, -0.2) is 0 Å². The molecule has 0 fully saturated rings.